The second-order valence-corrected chi connectivity index (χ2v) is 8.06. The van der Waals surface area contributed by atoms with Crippen molar-refractivity contribution in [3.05, 3.63) is 36.7 Å². The number of rotatable bonds is 6. The zero-order valence-corrected chi connectivity index (χ0v) is 16.1. The molecule has 4 rings (SSSR count). The first-order valence-electron chi connectivity index (χ1n) is 8.80. The Morgan fingerprint density at radius 1 is 1.21 bits per heavy atom. The van der Waals surface area contributed by atoms with Gasteiger partial charge in [0.25, 0.3) is 0 Å². The Bertz CT molecular complexity index is 1110. The molecule has 1 atom stereocenters. The van der Waals surface area contributed by atoms with Gasteiger partial charge >= 0.3 is 0 Å². The fraction of sp³-hybridized carbons (Fsp3) is 0.250. The Balaban J connectivity index is 1.52. The molecule has 1 aromatic carbocycles. The van der Waals surface area contributed by atoms with E-state index < -0.39 is 10.0 Å². The molecule has 3 aromatic rings. The van der Waals surface area contributed by atoms with Crippen molar-refractivity contribution in [2.45, 2.75) is 17.4 Å². The van der Waals surface area contributed by atoms with Crippen molar-refractivity contribution in [2.75, 3.05) is 29.5 Å². The summed E-state index contributed by atoms with van der Waals surface area (Å²) in [6, 6.07) is 7.94. The normalized spacial score (nSPS) is 16.7. The summed E-state index contributed by atoms with van der Waals surface area (Å²) in [6.07, 6.45) is 2.45. The first-order valence-corrected chi connectivity index (χ1v) is 10.4. The predicted octanol–water partition coefficient (Wildman–Crippen LogP) is -0.196. The van der Waals surface area contributed by atoms with Gasteiger partial charge in [-0.1, -0.05) is 0 Å². The standard InChI is InChI=1S/C16H20N10O2S/c17-15-24-16(23-10-1-3-12(4-2-10)29(18,27)28)25-26(15)14-7-13(20-9-21-14)22-11-5-6-19-8-11/h1-4,7,9,11,19H,5-6,8H2,(H2,18,27,28)(H,20,21,22)(H3,17,23,24,25)/t11-/m1/s1. The van der Waals surface area contributed by atoms with Crippen molar-refractivity contribution in [2.24, 2.45) is 5.14 Å². The Hall–Kier alpha value is -3.29. The van der Waals surface area contributed by atoms with Gasteiger partial charge in [0.05, 0.1) is 4.90 Å². The largest absolute Gasteiger partial charge is 0.368 e. The molecule has 1 saturated heterocycles. The lowest BCUT2D eigenvalue weighted by molar-refractivity contribution is 0.598. The molecule has 2 aromatic heterocycles. The van der Waals surface area contributed by atoms with Gasteiger partial charge in [-0.25, -0.2) is 23.5 Å². The van der Waals surface area contributed by atoms with Crippen LogP contribution in [0, 0.1) is 0 Å². The number of hydrogen-bond acceptors (Lipinski definition) is 10. The van der Waals surface area contributed by atoms with Gasteiger partial charge < -0.3 is 21.7 Å². The van der Waals surface area contributed by atoms with Gasteiger partial charge in [0.15, 0.2) is 5.82 Å². The molecule has 0 aliphatic carbocycles. The smallest absolute Gasteiger partial charge is 0.248 e. The van der Waals surface area contributed by atoms with E-state index in [2.05, 4.69) is 36.0 Å². The van der Waals surface area contributed by atoms with E-state index in [-0.39, 0.29) is 16.8 Å². The SMILES string of the molecule is Nc1nc(Nc2ccc(S(N)(=O)=O)cc2)nn1-c1cc(N[C@@H]2CCNC2)ncn1. The molecule has 0 spiro atoms. The van der Waals surface area contributed by atoms with Crippen molar-refractivity contribution in [3.8, 4) is 5.82 Å². The minimum atomic E-state index is -3.75. The molecule has 12 nitrogen and oxygen atoms in total. The number of nitrogens with one attached hydrogen (secondary N) is 3. The van der Waals surface area contributed by atoms with Crippen LogP contribution in [0.5, 0.6) is 0 Å². The van der Waals surface area contributed by atoms with E-state index in [0.717, 1.165) is 19.5 Å². The Morgan fingerprint density at radius 3 is 2.69 bits per heavy atom. The third-order valence-corrected chi connectivity index (χ3v) is 5.28. The van der Waals surface area contributed by atoms with E-state index in [9.17, 15) is 8.42 Å². The molecule has 0 bridgehead atoms. The molecule has 29 heavy (non-hydrogen) atoms. The summed E-state index contributed by atoms with van der Waals surface area (Å²) in [4.78, 5) is 12.6. The predicted molar refractivity (Wildman–Crippen MR) is 107 cm³/mol. The lowest BCUT2D eigenvalue weighted by Gasteiger charge is -2.12. The first-order chi connectivity index (χ1) is 13.9. The van der Waals surface area contributed by atoms with Crippen LogP contribution in [0.4, 0.5) is 23.4 Å². The topological polar surface area (TPSA) is 179 Å². The van der Waals surface area contributed by atoms with E-state index in [4.69, 9.17) is 10.9 Å². The van der Waals surface area contributed by atoms with Gasteiger partial charge in [-0.2, -0.15) is 9.67 Å². The third kappa shape index (κ3) is 4.42. The van der Waals surface area contributed by atoms with Crippen molar-refractivity contribution >= 4 is 33.4 Å². The number of primary sulfonamides is 1. The number of aromatic nitrogens is 5. The monoisotopic (exact) mass is 416 g/mol. The molecule has 0 radical (unpaired) electrons. The van der Waals surface area contributed by atoms with Crippen LogP contribution in [-0.4, -0.2) is 52.3 Å². The lowest BCUT2D eigenvalue weighted by atomic mass is 10.2. The maximum Gasteiger partial charge on any atom is 0.248 e. The highest BCUT2D eigenvalue weighted by molar-refractivity contribution is 7.89. The number of nitrogens with two attached hydrogens (primary N) is 2. The first kappa shape index (κ1) is 19.0. The molecular weight excluding hydrogens is 396 g/mol. The molecular formula is C16H20N10O2S. The van der Waals surface area contributed by atoms with Crippen molar-refractivity contribution in [1.29, 1.82) is 0 Å². The molecule has 0 amide bonds. The zero-order chi connectivity index (χ0) is 20.4. The van der Waals surface area contributed by atoms with Crippen LogP contribution in [0.1, 0.15) is 6.42 Å². The molecule has 1 aliphatic rings. The fourth-order valence-corrected chi connectivity index (χ4v) is 3.45. The Kier molecular flexibility index (Phi) is 5.00. The summed E-state index contributed by atoms with van der Waals surface area (Å²) in [5.41, 5.74) is 6.56. The van der Waals surface area contributed by atoms with Gasteiger partial charge in [-0.15, -0.1) is 5.10 Å². The van der Waals surface area contributed by atoms with Gasteiger partial charge in [0.2, 0.25) is 21.9 Å². The highest BCUT2D eigenvalue weighted by Crippen LogP contribution is 2.19. The van der Waals surface area contributed by atoms with Crippen LogP contribution >= 0.6 is 0 Å². The van der Waals surface area contributed by atoms with Crippen LogP contribution in [0.25, 0.3) is 5.82 Å². The quantitative estimate of drug-likeness (QED) is 0.361. The average molecular weight is 416 g/mol. The summed E-state index contributed by atoms with van der Waals surface area (Å²) < 4.78 is 24.1. The molecule has 7 N–H and O–H groups in total. The van der Waals surface area contributed by atoms with E-state index >= 15 is 0 Å². The Morgan fingerprint density at radius 2 is 2.00 bits per heavy atom. The minimum Gasteiger partial charge on any atom is -0.368 e. The number of hydrogen-bond donors (Lipinski definition) is 5. The van der Waals surface area contributed by atoms with Gasteiger partial charge in [-0.05, 0) is 37.2 Å². The van der Waals surface area contributed by atoms with E-state index in [1.54, 1.807) is 18.2 Å². The number of sulfonamides is 1. The summed E-state index contributed by atoms with van der Waals surface area (Å²) in [5.74, 6) is 1.52. The summed E-state index contributed by atoms with van der Waals surface area (Å²) in [5, 5.41) is 19.0. The Labute approximate surface area is 166 Å². The van der Waals surface area contributed by atoms with Crippen molar-refractivity contribution in [3.63, 3.8) is 0 Å². The van der Waals surface area contributed by atoms with Gasteiger partial charge in [-0.3, -0.25) is 0 Å². The third-order valence-electron chi connectivity index (χ3n) is 4.35. The molecule has 3 heterocycles. The van der Waals surface area contributed by atoms with E-state index in [1.807, 2.05) is 0 Å². The molecule has 0 unspecified atom stereocenters. The van der Waals surface area contributed by atoms with Gasteiger partial charge in [0.1, 0.15) is 12.1 Å². The second-order valence-electron chi connectivity index (χ2n) is 6.50. The van der Waals surface area contributed by atoms with E-state index in [0.29, 0.717) is 23.4 Å². The van der Waals surface area contributed by atoms with Crippen molar-refractivity contribution < 1.29 is 8.42 Å². The van der Waals surface area contributed by atoms with Crippen molar-refractivity contribution in [1.82, 2.24) is 30.0 Å². The number of nitrogens with zero attached hydrogens (tertiary/aromatic N) is 5. The van der Waals surface area contributed by atoms with Crippen LogP contribution in [0.3, 0.4) is 0 Å². The molecule has 1 aliphatic heterocycles. The maximum absolute atomic E-state index is 11.3. The number of benzene rings is 1. The molecule has 152 valence electrons. The molecule has 1 fully saturated rings. The van der Waals surface area contributed by atoms with Crippen LogP contribution < -0.4 is 26.8 Å². The highest BCUT2D eigenvalue weighted by Gasteiger charge is 2.16. The number of anilines is 4. The van der Waals surface area contributed by atoms with E-state index in [1.165, 1.54) is 23.1 Å². The van der Waals surface area contributed by atoms with Gasteiger partial charge in [0, 0.05) is 24.3 Å². The summed E-state index contributed by atoms with van der Waals surface area (Å²) in [6.45, 7) is 1.85. The summed E-state index contributed by atoms with van der Waals surface area (Å²) in [7, 11) is -3.75. The minimum absolute atomic E-state index is 0.0135. The molecule has 13 heteroatoms. The number of nitrogen functional groups attached to an aromatic ring is 1. The van der Waals surface area contributed by atoms with Crippen LogP contribution in [-0.2, 0) is 10.0 Å². The second kappa shape index (κ2) is 7.62. The highest BCUT2D eigenvalue weighted by atomic mass is 32.2. The fourth-order valence-electron chi connectivity index (χ4n) is 2.93. The maximum atomic E-state index is 11.3. The van der Waals surface area contributed by atoms with Crippen LogP contribution in [0.15, 0.2) is 41.6 Å². The summed E-state index contributed by atoms with van der Waals surface area (Å²) >= 11 is 0. The molecule has 0 saturated carbocycles. The average Bonchev–Trinajstić information content (AvgIpc) is 3.31. The zero-order valence-electron chi connectivity index (χ0n) is 15.3. The lowest BCUT2D eigenvalue weighted by Crippen LogP contribution is -2.22. The van der Waals surface area contributed by atoms with Crippen LogP contribution in [0.2, 0.25) is 0 Å².